The van der Waals surface area contributed by atoms with Crippen LogP contribution in [-0.4, -0.2) is 25.6 Å². The van der Waals surface area contributed by atoms with Gasteiger partial charge in [0.05, 0.1) is 5.56 Å². The fourth-order valence-corrected chi connectivity index (χ4v) is 3.18. The first-order valence-corrected chi connectivity index (χ1v) is 9.16. The molecular formula is C20H17ClN6O2. The Labute approximate surface area is 171 Å². The fraction of sp³-hybridized carbons (Fsp3) is 0.100. The van der Waals surface area contributed by atoms with Crippen molar-refractivity contribution < 1.29 is 9.32 Å². The summed E-state index contributed by atoms with van der Waals surface area (Å²) in [6, 6.07) is 12.9. The first-order chi connectivity index (χ1) is 14.0. The Kier molecular flexibility index (Phi) is 5.01. The molecule has 8 nitrogen and oxygen atoms in total. The third-order valence-corrected chi connectivity index (χ3v) is 4.66. The number of aromatic nitrogens is 4. The van der Waals surface area contributed by atoms with Crippen molar-refractivity contribution in [3.63, 3.8) is 0 Å². The summed E-state index contributed by atoms with van der Waals surface area (Å²) in [7, 11) is 0. The topological polar surface area (TPSA) is 97.9 Å². The van der Waals surface area contributed by atoms with Crippen LogP contribution in [0, 0.1) is 13.8 Å². The van der Waals surface area contributed by atoms with Gasteiger partial charge >= 0.3 is 6.01 Å². The van der Waals surface area contributed by atoms with Gasteiger partial charge in [-0.3, -0.25) is 15.2 Å². The molecule has 0 saturated carbocycles. The van der Waals surface area contributed by atoms with E-state index in [1.165, 1.54) is 0 Å². The molecule has 0 atom stereocenters. The molecule has 3 aromatic heterocycles. The highest BCUT2D eigenvalue weighted by atomic mass is 35.5. The average Bonchev–Trinajstić information content (AvgIpc) is 3.32. The predicted octanol–water partition coefficient (Wildman–Crippen LogP) is 3.95. The largest absolute Gasteiger partial charge is 0.340 e. The molecule has 0 unspecified atom stereocenters. The number of aryl methyl sites for hydroxylation is 1. The number of hydrogen-bond acceptors (Lipinski definition) is 6. The summed E-state index contributed by atoms with van der Waals surface area (Å²) in [6.45, 7) is 3.82. The second kappa shape index (κ2) is 7.76. The molecule has 0 aliphatic carbocycles. The van der Waals surface area contributed by atoms with E-state index in [0.29, 0.717) is 16.4 Å². The summed E-state index contributed by atoms with van der Waals surface area (Å²) in [4.78, 5) is 20.8. The highest BCUT2D eigenvalue weighted by molar-refractivity contribution is 6.30. The summed E-state index contributed by atoms with van der Waals surface area (Å²) in [5.41, 5.74) is 9.18. The number of carbonyl (C=O) groups excluding carboxylic acids is 1. The second-order valence-corrected chi connectivity index (χ2v) is 6.77. The standard InChI is InChI=1S/C20H17ClN6O2/c1-12-11-17(13(2)27(12)16-5-3-15(21)4-6-16)19(28)24-25-20-23-18(26-29-20)14-7-9-22-10-8-14/h3-11H,1-2H3,(H,24,28)(H,23,25,26). The Hall–Kier alpha value is -3.65. The van der Waals surface area contributed by atoms with Crippen LogP contribution in [0.5, 0.6) is 0 Å². The smallest absolute Gasteiger partial charge is 0.318 e. The fourth-order valence-electron chi connectivity index (χ4n) is 3.05. The van der Waals surface area contributed by atoms with E-state index in [2.05, 4.69) is 26.0 Å². The van der Waals surface area contributed by atoms with Gasteiger partial charge in [-0.25, -0.2) is 5.43 Å². The molecule has 3 heterocycles. The van der Waals surface area contributed by atoms with Crippen molar-refractivity contribution in [1.82, 2.24) is 25.1 Å². The van der Waals surface area contributed by atoms with Crippen molar-refractivity contribution in [2.24, 2.45) is 0 Å². The Morgan fingerprint density at radius 1 is 1.10 bits per heavy atom. The van der Waals surface area contributed by atoms with Crippen molar-refractivity contribution >= 4 is 23.5 Å². The molecule has 0 radical (unpaired) electrons. The number of rotatable bonds is 5. The van der Waals surface area contributed by atoms with Crippen molar-refractivity contribution in [1.29, 1.82) is 0 Å². The summed E-state index contributed by atoms with van der Waals surface area (Å²) in [5.74, 6) is 0.0760. The molecule has 9 heteroatoms. The van der Waals surface area contributed by atoms with Gasteiger partial charge in [0.15, 0.2) is 0 Å². The quantitative estimate of drug-likeness (QED) is 0.485. The Balaban J connectivity index is 1.49. The third kappa shape index (κ3) is 3.83. The van der Waals surface area contributed by atoms with Crippen LogP contribution >= 0.6 is 11.6 Å². The monoisotopic (exact) mass is 408 g/mol. The van der Waals surface area contributed by atoms with Crippen LogP contribution in [0.15, 0.2) is 59.4 Å². The minimum atomic E-state index is -0.318. The normalized spacial score (nSPS) is 10.7. The highest BCUT2D eigenvalue weighted by Crippen LogP contribution is 2.22. The summed E-state index contributed by atoms with van der Waals surface area (Å²) in [6.07, 6.45) is 3.27. The molecule has 4 aromatic rings. The van der Waals surface area contributed by atoms with Gasteiger partial charge in [-0.2, -0.15) is 4.98 Å². The number of nitrogens with one attached hydrogen (secondary N) is 2. The first-order valence-electron chi connectivity index (χ1n) is 8.78. The maximum atomic E-state index is 12.7. The van der Waals surface area contributed by atoms with E-state index in [9.17, 15) is 4.79 Å². The zero-order chi connectivity index (χ0) is 20.4. The number of nitrogens with zero attached hydrogens (tertiary/aromatic N) is 4. The van der Waals surface area contributed by atoms with Gasteiger partial charge in [0.2, 0.25) is 5.82 Å². The molecule has 2 N–H and O–H groups in total. The van der Waals surface area contributed by atoms with E-state index in [1.807, 2.05) is 48.7 Å². The molecule has 0 saturated heterocycles. The Morgan fingerprint density at radius 2 is 1.83 bits per heavy atom. The van der Waals surface area contributed by atoms with Gasteiger partial charge < -0.3 is 9.09 Å². The predicted molar refractivity (Wildman–Crippen MR) is 109 cm³/mol. The number of hydrogen-bond donors (Lipinski definition) is 2. The Morgan fingerprint density at radius 3 is 2.55 bits per heavy atom. The summed E-state index contributed by atoms with van der Waals surface area (Å²) < 4.78 is 7.11. The van der Waals surface area contributed by atoms with Gasteiger partial charge in [0.25, 0.3) is 5.91 Å². The van der Waals surface area contributed by atoms with Crippen LogP contribution in [0.3, 0.4) is 0 Å². The maximum absolute atomic E-state index is 12.7. The molecule has 0 fully saturated rings. The molecule has 0 aliphatic heterocycles. The third-order valence-electron chi connectivity index (χ3n) is 4.41. The molecule has 0 aliphatic rings. The van der Waals surface area contributed by atoms with Crippen molar-refractivity contribution in [2.75, 3.05) is 5.43 Å². The number of pyridine rings is 1. The number of carbonyl (C=O) groups is 1. The van der Waals surface area contributed by atoms with E-state index < -0.39 is 0 Å². The number of hydrazine groups is 1. The van der Waals surface area contributed by atoms with E-state index in [0.717, 1.165) is 22.6 Å². The minimum Gasteiger partial charge on any atom is -0.318 e. The van der Waals surface area contributed by atoms with Gasteiger partial charge in [-0.1, -0.05) is 16.8 Å². The van der Waals surface area contributed by atoms with Gasteiger partial charge in [-0.15, -0.1) is 0 Å². The van der Waals surface area contributed by atoms with Crippen LogP contribution in [0.25, 0.3) is 17.1 Å². The molecule has 146 valence electrons. The van der Waals surface area contributed by atoms with Crippen LogP contribution in [0.4, 0.5) is 6.01 Å². The van der Waals surface area contributed by atoms with Crippen LogP contribution in [-0.2, 0) is 0 Å². The number of benzene rings is 1. The lowest BCUT2D eigenvalue weighted by atomic mass is 10.2. The lowest BCUT2D eigenvalue weighted by Gasteiger charge is -2.10. The lowest BCUT2D eigenvalue weighted by Crippen LogP contribution is -2.29. The minimum absolute atomic E-state index is 0.0803. The van der Waals surface area contributed by atoms with Gasteiger partial charge in [0.1, 0.15) is 0 Å². The average molecular weight is 409 g/mol. The molecule has 1 aromatic carbocycles. The second-order valence-electron chi connectivity index (χ2n) is 6.33. The molecule has 0 bridgehead atoms. The number of amides is 1. The van der Waals surface area contributed by atoms with E-state index in [4.69, 9.17) is 16.1 Å². The number of anilines is 1. The highest BCUT2D eigenvalue weighted by Gasteiger charge is 2.17. The molecule has 29 heavy (non-hydrogen) atoms. The van der Waals surface area contributed by atoms with E-state index >= 15 is 0 Å². The molecular weight excluding hydrogens is 392 g/mol. The summed E-state index contributed by atoms with van der Waals surface area (Å²) >= 11 is 5.97. The molecule has 4 rings (SSSR count). The zero-order valence-electron chi connectivity index (χ0n) is 15.7. The van der Waals surface area contributed by atoms with Crippen molar-refractivity contribution in [3.05, 3.63) is 76.8 Å². The van der Waals surface area contributed by atoms with Crippen molar-refractivity contribution in [3.8, 4) is 17.1 Å². The first kappa shape index (κ1) is 18.7. The Bertz CT molecular complexity index is 1150. The van der Waals surface area contributed by atoms with Gasteiger partial charge in [-0.05, 0) is 56.3 Å². The lowest BCUT2D eigenvalue weighted by molar-refractivity contribution is 0.0960. The van der Waals surface area contributed by atoms with Crippen LogP contribution in [0.2, 0.25) is 5.02 Å². The SMILES string of the molecule is Cc1cc(C(=O)NNc2nc(-c3ccncc3)no2)c(C)n1-c1ccc(Cl)cc1. The number of halogens is 1. The molecule has 0 spiro atoms. The van der Waals surface area contributed by atoms with E-state index in [-0.39, 0.29) is 11.9 Å². The zero-order valence-corrected chi connectivity index (χ0v) is 16.4. The van der Waals surface area contributed by atoms with Gasteiger partial charge in [0, 0.05) is 40.1 Å². The maximum Gasteiger partial charge on any atom is 0.340 e. The van der Waals surface area contributed by atoms with E-state index in [1.54, 1.807) is 24.5 Å². The van der Waals surface area contributed by atoms with Crippen molar-refractivity contribution in [2.45, 2.75) is 13.8 Å². The van der Waals surface area contributed by atoms with Crippen LogP contribution < -0.4 is 10.9 Å². The summed E-state index contributed by atoms with van der Waals surface area (Å²) in [5, 5.41) is 4.53. The molecule has 1 amide bonds. The van der Waals surface area contributed by atoms with Crippen LogP contribution in [0.1, 0.15) is 21.7 Å².